The van der Waals surface area contributed by atoms with E-state index in [1.54, 1.807) is 5.57 Å². The highest BCUT2D eigenvalue weighted by molar-refractivity contribution is 5.18. The van der Waals surface area contributed by atoms with E-state index in [4.69, 9.17) is 0 Å². The highest BCUT2D eigenvalue weighted by Crippen LogP contribution is 2.13. The zero-order chi connectivity index (χ0) is 9.40. The molecule has 0 aromatic rings. The molecule has 0 nitrogen and oxygen atoms in total. The lowest BCUT2D eigenvalue weighted by Gasteiger charge is -2.03. The van der Waals surface area contributed by atoms with Crippen LogP contribution in [0.25, 0.3) is 0 Å². The van der Waals surface area contributed by atoms with Crippen molar-refractivity contribution in [2.24, 2.45) is 0 Å². The summed E-state index contributed by atoms with van der Waals surface area (Å²) in [6.07, 6.45) is 8.67. The van der Waals surface area contributed by atoms with Gasteiger partial charge in [0.05, 0.1) is 0 Å². The molecule has 0 heteroatoms. The van der Waals surface area contributed by atoms with Crippen LogP contribution in [0.4, 0.5) is 0 Å². The monoisotopic (exact) mass is 166 g/mol. The van der Waals surface area contributed by atoms with Crippen molar-refractivity contribution >= 4 is 0 Å². The van der Waals surface area contributed by atoms with Crippen LogP contribution in [0.5, 0.6) is 0 Å². The van der Waals surface area contributed by atoms with Gasteiger partial charge < -0.3 is 0 Å². The zero-order valence-corrected chi connectivity index (χ0v) is 8.82. The summed E-state index contributed by atoms with van der Waals surface area (Å²) in [7, 11) is 0. The number of rotatable bonds is 6. The van der Waals surface area contributed by atoms with Crippen molar-refractivity contribution in [1.82, 2.24) is 0 Å². The molecule has 0 aliphatic heterocycles. The first-order valence-electron chi connectivity index (χ1n) is 5.05. The van der Waals surface area contributed by atoms with Gasteiger partial charge in [-0.15, -0.1) is 0 Å². The van der Waals surface area contributed by atoms with E-state index < -0.39 is 0 Å². The summed E-state index contributed by atoms with van der Waals surface area (Å²) in [5.41, 5.74) is 2.74. The Morgan fingerprint density at radius 2 is 1.92 bits per heavy atom. The molecule has 0 N–H and O–H groups in total. The van der Waals surface area contributed by atoms with Gasteiger partial charge in [0, 0.05) is 0 Å². The molecule has 0 radical (unpaired) electrons. The quantitative estimate of drug-likeness (QED) is 0.403. The molecule has 0 spiro atoms. The van der Waals surface area contributed by atoms with Gasteiger partial charge >= 0.3 is 0 Å². The van der Waals surface area contributed by atoms with E-state index in [1.165, 1.54) is 37.7 Å². The van der Waals surface area contributed by atoms with Crippen LogP contribution in [0, 0.1) is 0 Å². The fraction of sp³-hybridized carbons (Fsp3) is 0.667. The summed E-state index contributed by atoms with van der Waals surface area (Å²) in [4.78, 5) is 0. The maximum absolute atomic E-state index is 3.89. The Hall–Kier alpha value is -0.520. The van der Waals surface area contributed by atoms with Crippen molar-refractivity contribution in [2.45, 2.75) is 52.9 Å². The van der Waals surface area contributed by atoms with Crippen molar-refractivity contribution < 1.29 is 0 Å². The lowest BCUT2D eigenvalue weighted by Crippen LogP contribution is -1.83. The fourth-order valence-corrected chi connectivity index (χ4v) is 1.30. The third kappa shape index (κ3) is 6.21. The molecule has 0 rings (SSSR count). The van der Waals surface area contributed by atoms with Gasteiger partial charge in [0.1, 0.15) is 0 Å². The second kappa shape index (κ2) is 7.15. The molecule has 0 atom stereocenters. The minimum Gasteiger partial charge on any atom is -0.0961 e. The molecule has 70 valence electrons. The first kappa shape index (κ1) is 11.5. The van der Waals surface area contributed by atoms with Gasteiger partial charge in [-0.25, -0.2) is 0 Å². The van der Waals surface area contributed by atoms with Gasteiger partial charge in [-0.1, -0.05) is 50.5 Å². The van der Waals surface area contributed by atoms with Crippen molar-refractivity contribution in [3.8, 4) is 0 Å². The average molecular weight is 166 g/mol. The molecule has 0 aromatic heterocycles. The van der Waals surface area contributed by atoms with Gasteiger partial charge in [-0.2, -0.15) is 0 Å². The van der Waals surface area contributed by atoms with Crippen molar-refractivity contribution in [3.05, 3.63) is 23.8 Å². The van der Waals surface area contributed by atoms with E-state index in [-0.39, 0.29) is 0 Å². The maximum Gasteiger partial charge on any atom is -0.0317 e. The molecule has 0 fully saturated rings. The smallest absolute Gasteiger partial charge is 0.0317 e. The van der Waals surface area contributed by atoms with E-state index in [9.17, 15) is 0 Å². The van der Waals surface area contributed by atoms with Crippen LogP contribution in [0.3, 0.4) is 0 Å². The molecule has 0 heterocycles. The Kier molecular flexibility index (Phi) is 6.84. The zero-order valence-electron chi connectivity index (χ0n) is 8.82. The van der Waals surface area contributed by atoms with Gasteiger partial charge in [0.25, 0.3) is 0 Å². The van der Waals surface area contributed by atoms with Gasteiger partial charge in [0.2, 0.25) is 0 Å². The van der Waals surface area contributed by atoms with Crippen LogP contribution in [0.2, 0.25) is 0 Å². The predicted octanol–water partition coefficient (Wildman–Crippen LogP) is 4.48. The Labute approximate surface area is 77.4 Å². The summed E-state index contributed by atoms with van der Waals surface area (Å²) in [6, 6.07) is 0. The van der Waals surface area contributed by atoms with Crippen LogP contribution >= 0.6 is 0 Å². The highest BCUT2D eigenvalue weighted by atomic mass is 14.0. The molecular formula is C12H22. The number of hydrogen-bond acceptors (Lipinski definition) is 0. The topological polar surface area (TPSA) is 0 Å². The lowest BCUT2D eigenvalue weighted by atomic mass is 10.0. The molecular weight excluding hydrogens is 144 g/mol. The Bertz CT molecular complexity index is 151. The molecule has 0 saturated carbocycles. The lowest BCUT2D eigenvalue weighted by molar-refractivity contribution is 0.702. The third-order valence-corrected chi connectivity index (χ3v) is 2.01. The SMILES string of the molecule is C=C(C)/C=C(\CC)CCCCC. The molecule has 0 aliphatic rings. The predicted molar refractivity (Wildman–Crippen MR) is 57.3 cm³/mol. The fourth-order valence-electron chi connectivity index (χ4n) is 1.30. The van der Waals surface area contributed by atoms with E-state index in [2.05, 4.69) is 33.4 Å². The summed E-state index contributed by atoms with van der Waals surface area (Å²) in [5.74, 6) is 0. The van der Waals surface area contributed by atoms with Gasteiger partial charge in [0.15, 0.2) is 0 Å². The normalized spacial score (nSPS) is 11.8. The number of hydrogen-bond donors (Lipinski definition) is 0. The first-order valence-corrected chi connectivity index (χ1v) is 5.05. The van der Waals surface area contributed by atoms with Crippen molar-refractivity contribution in [1.29, 1.82) is 0 Å². The minimum absolute atomic E-state index is 1.18. The Morgan fingerprint density at radius 1 is 1.25 bits per heavy atom. The molecule has 0 bridgehead atoms. The highest BCUT2D eigenvalue weighted by Gasteiger charge is 1.93. The second-order valence-corrected chi connectivity index (χ2v) is 3.46. The molecule has 0 aromatic carbocycles. The molecule has 0 amide bonds. The van der Waals surface area contributed by atoms with Gasteiger partial charge in [-0.05, 0) is 26.2 Å². The summed E-state index contributed by atoms with van der Waals surface area (Å²) >= 11 is 0. The van der Waals surface area contributed by atoms with E-state index in [1.807, 2.05) is 0 Å². The van der Waals surface area contributed by atoms with Crippen molar-refractivity contribution in [2.75, 3.05) is 0 Å². The first-order chi connectivity index (χ1) is 5.70. The maximum atomic E-state index is 3.89. The van der Waals surface area contributed by atoms with E-state index in [0.29, 0.717) is 0 Å². The summed E-state index contributed by atoms with van der Waals surface area (Å²) in [6.45, 7) is 10.4. The van der Waals surface area contributed by atoms with Crippen LogP contribution in [0.1, 0.15) is 52.9 Å². The number of allylic oxidation sites excluding steroid dienone is 3. The van der Waals surface area contributed by atoms with Crippen LogP contribution in [0.15, 0.2) is 23.8 Å². The molecule has 0 unspecified atom stereocenters. The van der Waals surface area contributed by atoms with E-state index in [0.717, 1.165) is 0 Å². The van der Waals surface area contributed by atoms with Gasteiger partial charge in [-0.3, -0.25) is 0 Å². The Morgan fingerprint density at radius 3 is 2.33 bits per heavy atom. The standard InChI is InChI=1S/C12H22/c1-5-7-8-9-12(6-2)10-11(3)4/h10H,3,5-9H2,1-2,4H3/b12-10+. The van der Waals surface area contributed by atoms with Crippen LogP contribution < -0.4 is 0 Å². The third-order valence-electron chi connectivity index (χ3n) is 2.01. The van der Waals surface area contributed by atoms with Crippen LogP contribution in [-0.2, 0) is 0 Å². The second-order valence-electron chi connectivity index (χ2n) is 3.46. The average Bonchev–Trinajstić information content (AvgIpc) is 2.02. The molecule has 12 heavy (non-hydrogen) atoms. The Balaban J connectivity index is 3.75. The largest absolute Gasteiger partial charge is 0.0961 e. The van der Waals surface area contributed by atoms with Crippen LogP contribution in [-0.4, -0.2) is 0 Å². The molecule has 0 aliphatic carbocycles. The molecule has 0 saturated heterocycles. The van der Waals surface area contributed by atoms with Crippen molar-refractivity contribution in [3.63, 3.8) is 0 Å². The summed E-state index contributed by atoms with van der Waals surface area (Å²) < 4.78 is 0. The minimum atomic E-state index is 1.18. The van der Waals surface area contributed by atoms with E-state index >= 15 is 0 Å². The number of unbranched alkanes of at least 4 members (excludes halogenated alkanes) is 2. The summed E-state index contributed by atoms with van der Waals surface area (Å²) in [5, 5.41) is 0.